The molecule has 3 nitrogen and oxygen atoms in total. The highest BCUT2D eigenvalue weighted by Gasteiger charge is 2.20. The van der Waals surface area contributed by atoms with Crippen molar-refractivity contribution in [2.75, 3.05) is 6.54 Å². The number of aromatic nitrogens is 2. The van der Waals surface area contributed by atoms with Gasteiger partial charge in [0.2, 0.25) is 0 Å². The molecule has 0 amide bonds. The Morgan fingerprint density at radius 3 is 2.86 bits per heavy atom. The standard InChI is InChI=1S/C17H22BrN3/c1-12-17(8-9-19-16-6-7-16)13(2)21(20-12)11-14-4-3-5-15(18)10-14/h3-5,10,16,19H,6-9,11H2,1-2H3. The number of hydrogen-bond acceptors (Lipinski definition) is 2. The molecule has 112 valence electrons. The molecule has 1 aromatic carbocycles. The van der Waals surface area contributed by atoms with E-state index in [0.717, 1.165) is 30.0 Å². The molecule has 0 saturated heterocycles. The lowest BCUT2D eigenvalue weighted by Gasteiger charge is -2.07. The van der Waals surface area contributed by atoms with E-state index in [4.69, 9.17) is 5.10 Å². The monoisotopic (exact) mass is 347 g/mol. The highest BCUT2D eigenvalue weighted by molar-refractivity contribution is 9.10. The van der Waals surface area contributed by atoms with Crippen molar-refractivity contribution in [3.63, 3.8) is 0 Å². The van der Waals surface area contributed by atoms with Crippen LogP contribution in [0.3, 0.4) is 0 Å². The number of hydrogen-bond donors (Lipinski definition) is 1. The molecule has 1 fully saturated rings. The van der Waals surface area contributed by atoms with Crippen LogP contribution in [0.25, 0.3) is 0 Å². The zero-order valence-electron chi connectivity index (χ0n) is 12.7. The van der Waals surface area contributed by atoms with Crippen LogP contribution in [0.15, 0.2) is 28.7 Å². The maximum absolute atomic E-state index is 4.72. The lowest BCUT2D eigenvalue weighted by molar-refractivity contribution is 0.654. The summed E-state index contributed by atoms with van der Waals surface area (Å²) in [6.45, 7) is 6.21. The minimum absolute atomic E-state index is 0.780. The third-order valence-corrected chi connectivity index (χ3v) is 4.63. The summed E-state index contributed by atoms with van der Waals surface area (Å²) < 4.78 is 3.25. The molecule has 1 aliphatic carbocycles. The number of benzene rings is 1. The molecule has 21 heavy (non-hydrogen) atoms. The Hall–Kier alpha value is -1.13. The predicted molar refractivity (Wildman–Crippen MR) is 89.7 cm³/mol. The van der Waals surface area contributed by atoms with Gasteiger partial charge >= 0.3 is 0 Å². The third kappa shape index (κ3) is 3.74. The summed E-state index contributed by atoms with van der Waals surface area (Å²) in [4.78, 5) is 0. The largest absolute Gasteiger partial charge is 0.314 e. The maximum atomic E-state index is 4.72. The molecule has 0 bridgehead atoms. The number of halogens is 1. The SMILES string of the molecule is Cc1nn(Cc2cccc(Br)c2)c(C)c1CCNC1CC1. The molecular formula is C17H22BrN3. The van der Waals surface area contributed by atoms with Crippen molar-refractivity contribution >= 4 is 15.9 Å². The van der Waals surface area contributed by atoms with Crippen molar-refractivity contribution in [2.24, 2.45) is 0 Å². The number of nitrogens with one attached hydrogen (secondary N) is 1. The van der Waals surface area contributed by atoms with Gasteiger partial charge in [-0.25, -0.2) is 0 Å². The van der Waals surface area contributed by atoms with Gasteiger partial charge in [0.25, 0.3) is 0 Å². The molecule has 3 rings (SSSR count). The van der Waals surface area contributed by atoms with E-state index in [-0.39, 0.29) is 0 Å². The Morgan fingerprint density at radius 1 is 1.33 bits per heavy atom. The van der Waals surface area contributed by atoms with Gasteiger partial charge in [-0.05, 0) is 62.9 Å². The highest BCUT2D eigenvalue weighted by Crippen LogP contribution is 2.20. The Labute approximate surface area is 134 Å². The van der Waals surface area contributed by atoms with Crippen molar-refractivity contribution in [3.05, 3.63) is 51.3 Å². The zero-order chi connectivity index (χ0) is 14.8. The Kier molecular flexibility index (Phi) is 4.45. The fraction of sp³-hybridized carbons (Fsp3) is 0.471. The summed E-state index contributed by atoms with van der Waals surface area (Å²) in [5.74, 6) is 0. The summed E-state index contributed by atoms with van der Waals surface area (Å²) in [7, 11) is 0. The van der Waals surface area contributed by atoms with E-state index in [1.54, 1.807) is 0 Å². The highest BCUT2D eigenvalue weighted by atomic mass is 79.9. The summed E-state index contributed by atoms with van der Waals surface area (Å²) in [6, 6.07) is 9.22. The van der Waals surface area contributed by atoms with Gasteiger partial charge in [-0.3, -0.25) is 4.68 Å². The minimum atomic E-state index is 0.780. The van der Waals surface area contributed by atoms with E-state index < -0.39 is 0 Å². The number of rotatable bonds is 6. The summed E-state index contributed by atoms with van der Waals surface area (Å²) in [5.41, 5.74) is 5.14. The lowest BCUT2D eigenvalue weighted by atomic mass is 10.1. The van der Waals surface area contributed by atoms with Crippen molar-refractivity contribution in [1.82, 2.24) is 15.1 Å². The van der Waals surface area contributed by atoms with Crippen molar-refractivity contribution in [3.8, 4) is 0 Å². The normalized spacial score (nSPS) is 14.6. The van der Waals surface area contributed by atoms with Crippen LogP contribution < -0.4 is 5.32 Å². The molecule has 1 saturated carbocycles. The van der Waals surface area contributed by atoms with Gasteiger partial charge in [0.05, 0.1) is 12.2 Å². The first-order valence-electron chi connectivity index (χ1n) is 7.64. The van der Waals surface area contributed by atoms with Gasteiger partial charge < -0.3 is 5.32 Å². The summed E-state index contributed by atoms with van der Waals surface area (Å²) in [6.07, 6.45) is 3.77. The van der Waals surface area contributed by atoms with E-state index in [2.05, 4.69) is 64.0 Å². The van der Waals surface area contributed by atoms with E-state index in [0.29, 0.717) is 0 Å². The molecule has 0 unspecified atom stereocenters. The van der Waals surface area contributed by atoms with E-state index in [9.17, 15) is 0 Å². The molecule has 0 atom stereocenters. The molecule has 0 radical (unpaired) electrons. The van der Waals surface area contributed by atoms with Gasteiger partial charge in [-0.1, -0.05) is 28.1 Å². The topological polar surface area (TPSA) is 29.9 Å². The Bertz CT molecular complexity index is 629. The Balaban J connectivity index is 1.70. The van der Waals surface area contributed by atoms with Gasteiger partial charge in [0.15, 0.2) is 0 Å². The average Bonchev–Trinajstić information content (AvgIpc) is 3.22. The fourth-order valence-corrected chi connectivity index (χ4v) is 3.19. The second-order valence-electron chi connectivity index (χ2n) is 5.92. The van der Waals surface area contributed by atoms with Crippen LogP contribution in [0.5, 0.6) is 0 Å². The maximum Gasteiger partial charge on any atom is 0.0663 e. The average molecular weight is 348 g/mol. The molecule has 4 heteroatoms. The van der Waals surface area contributed by atoms with Crippen LogP contribution in [0.2, 0.25) is 0 Å². The van der Waals surface area contributed by atoms with E-state index >= 15 is 0 Å². The third-order valence-electron chi connectivity index (χ3n) is 4.14. The van der Waals surface area contributed by atoms with Crippen LogP contribution >= 0.6 is 15.9 Å². The summed E-state index contributed by atoms with van der Waals surface area (Å²) in [5, 5.41) is 8.30. The van der Waals surface area contributed by atoms with E-state index in [1.807, 2.05) is 0 Å². The van der Waals surface area contributed by atoms with E-state index in [1.165, 1.54) is 35.4 Å². The molecule has 0 spiro atoms. The number of nitrogens with zero attached hydrogens (tertiary/aromatic N) is 2. The fourth-order valence-electron chi connectivity index (χ4n) is 2.75. The first kappa shape index (κ1) is 14.8. The molecule has 2 aromatic rings. The van der Waals surface area contributed by atoms with Gasteiger partial charge in [0, 0.05) is 16.2 Å². The zero-order valence-corrected chi connectivity index (χ0v) is 14.3. The predicted octanol–water partition coefficient (Wildman–Crippen LogP) is 3.61. The van der Waals surface area contributed by atoms with Crippen molar-refractivity contribution < 1.29 is 0 Å². The van der Waals surface area contributed by atoms with Gasteiger partial charge in [0.1, 0.15) is 0 Å². The molecule has 1 N–H and O–H groups in total. The van der Waals surface area contributed by atoms with Crippen LogP contribution in [0.1, 0.15) is 35.4 Å². The van der Waals surface area contributed by atoms with Crippen LogP contribution in [-0.4, -0.2) is 22.4 Å². The van der Waals surface area contributed by atoms with Crippen LogP contribution in [-0.2, 0) is 13.0 Å². The molecule has 1 aliphatic rings. The lowest BCUT2D eigenvalue weighted by Crippen LogP contribution is -2.19. The van der Waals surface area contributed by atoms with Crippen LogP contribution in [0, 0.1) is 13.8 Å². The van der Waals surface area contributed by atoms with Crippen molar-refractivity contribution in [2.45, 2.75) is 45.7 Å². The van der Waals surface area contributed by atoms with Crippen molar-refractivity contribution in [1.29, 1.82) is 0 Å². The summed E-state index contributed by atoms with van der Waals surface area (Å²) >= 11 is 3.53. The second kappa shape index (κ2) is 6.32. The minimum Gasteiger partial charge on any atom is -0.314 e. The van der Waals surface area contributed by atoms with Gasteiger partial charge in [-0.15, -0.1) is 0 Å². The van der Waals surface area contributed by atoms with Gasteiger partial charge in [-0.2, -0.15) is 5.10 Å². The second-order valence-corrected chi connectivity index (χ2v) is 6.83. The first-order chi connectivity index (χ1) is 10.1. The van der Waals surface area contributed by atoms with Crippen LogP contribution in [0.4, 0.5) is 0 Å². The number of aryl methyl sites for hydroxylation is 1. The Morgan fingerprint density at radius 2 is 2.14 bits per heavy atom. The first-order valence-corrected chi connectivity index (χ1v) is 8.43. The quantitative estimate of drug-likeness (QED) is 0.864. The molecule has 0 aliphatic heterocycles. The molecule has 1 heterocycles. The smallest absolute Gasteiger partial charge is 0.0663 e. The molecular weight excluding hydrogens is 326 g/mol. The molecule has 1 aromatic heterocycles.